The third-order valence-corrected chi connectivity index (χ3v) is 2.49. The van der Waals surface area contributed by atoms with Crippen molar-refractivity contribution in [3.8, 4) is 0 Å². The first-order chi connectivity index (χ1) is 7.67. The predicted molar refractivity (Wildman–Crippen MR) is 58.3 cm³/mol. The molecule has 86 valence electrons. The fraction of sp³-hybridized carbons (Fsp3) is 0.273. The van der Waals surface area contributed by atoms with Crippen LogP contribution >= 0.6 is 0 Å². The quantitative estimate of drug-likeness (QED) is 0.723. The molecule has 1 heterocycles. The Morgan fingerprint density at radius 1 is 1.25 bits per heavy atom. The molecule has 0 unspecified atom stereocenters. The maximum atomic E-state index is 5.87. The van der Waals surface area contributed by atoms with E-state index in [1.807, 2.05) is 6.08 Å². The lowest BCUT2D eigenvalue weighted by molar-refractivity contribution is 0.185. The first-order valence-corrected chi connectivity index (χ1v) is 4.84. The molecule has 5 heteroatoms. The molecule has 2 aliphatic rings. The molecular weight excluding hydrogens is 208 g/mol. The number of hydrogen-bond acceptors (Lipinski definition) is 5. The van der Waals surface area contributed by atoms with Crippen molar-refractivity contribution >= 4 is 0 Å². The standard InChI is InChI=1S/C11H14N2O3/c1-14-8-4-3-6-7(12)5-9(13)16-10(6)11(8)15-2/h4-5H,3,12-13H2,1-2H3. The molecule has 0 aromatic rings. The second-order valence-corrected chi connectivity index (χ2v) is 3.42. The number of nitrogens with two attached hydrogens (primary N) is 2. The minimum atomic E-state index is 0.253. The number of rotatable bonds is 2. The van der Waals surface area contributed by atoms with Crippen LogP contribution in [0.1, 0.15) is 6.42 Å². The summed E-state index contributed by atoms with van der Waals surface area (Å²) in [5, 5.41) is 0. The molecule has 0 atom stereocenters. The molecule has 0 aromatic heterocycles. The van der Waals surface area contributed by atoms with Gasteiger partial charge in [-0.1, -0.05) is 0 Å². The fourth-order valence-corrected chi connectivity index (χ4v) is 1.74. The molecule has 0 spiro atoms. The summed E-state index contributed by atoms with van der Waals surface area (Å²) < 4.78 is 15.9. The van der Waals surface area contributed by atoms with Gasteiger partial charge in [0.05, 0.1) is 14.2 Å². The minimum absolute atomic E-state index is 0.253. The fourth-order valence-electron chi connectivity index (χ4n) is 1.74. The van der Waals surface area contributed by atoms with Crippen molar-refractivity contribution in [2.75, 3.05) is 14.2 Å². The third-order valence-electron chi connectivity index (χ3n) is 2.49. The van der Waals surface area contributed by atoms with Crippen LogP contribution in [0.25, 0.3) is 0 Å². The summed E-state index contributed by atoms with van der Waals surface area (Å²) in [6.45, 7) is 0. The third kappa shape index (κ3) is 1.50. The molecule has 0 amide bonds. The smallest absolute Gasteiger partial charge is 0.204 e. The van der Waals surface area contributed by atoms with Crippen molar-refractivity contribution in [1.82, 2.24) is 0 Å². The van der Waals surface area contributed by atoms with Gasteiger partial charge in [0.15, 0.2) is 17.4 Å². The van der Waals surface area contributed by atoms with E-state index in [0.29, 0.717) is 29.4 Å². The van der Waals surface area contributed by atoms with Crippen molar-refractivity contribution in [3.63, 3.8) is 0 Å². The van der Waals surface area contributed by atoms with E-state index in [0.717, 1.165) is 5.57 Å². The zero-order chi connectivity index (χ0) is 11.7. The van der Waals surface area contributed by atoms with E-state index in [-0.39, 0.29) is 5.88 Å². The van der Waals surface area contributed by atoms with Crippen molar-refractivity contribution < 1.29 is 14.2 Å². The van der Waals surface area contributed by atoms with Gasteiger partial charge in [-0.2, -0.15) is 0 Å². The van der Waals surface area contributed by atoms with E-state index in [9.17, 15) is 0 Å². The highest BCUT2D eigenvalue weighted by atomic mass is 16.5. The molecule has 0 saturated heterocycles. The largest absolute Gasteiger partial charge is 0.493 e. The van der Waals surface area contributed by atoms with Crippen molar-refractivity contribution in [2.24, 2.45) is 11.5 Å². The Morgan fingerprint density at radius 3 is 2.62 bits per heavy atom. The second-order valence-electron chi connectivity index (χ2n) is 3.42. The van der Waals surface area contributed by atoms with Crippen molar-refractivity contribution in [1.29, 1.82) is 0 Å². The van der Waals surface area contributed by atoms with Gasteiger partial charge < -0.3 is 25.7 Å². The maximum absolute atomic E-state index is 5.87. The van der Waals surface area contributed by atoms with Gasteiger partial charge in [-0.3, -0.25) is 0 Å². The van der Waals surface area contributed by atoms with Crippen LogP contribution in [0.15, 0.2) is 46.6 Å². The Morgan fingerprint density at radius 2 is 2.00 bits per heavy atom. The molecule has 0 fully saturated rings. The SMILES string of the molecule is COC1=CCC2=C(N)C=C(N)OC2=C1OC. The first kappa shape index (κ1) is 10.5. The van der Waals surface area contributed by atoms with Crippen LogP contribution in [0.4, 0.5) is 0 Å². The first-order valence-electron chi connectivity index (χ1n) is 4.84. The molecule has 0 saturated carbocycles. The lowest BCUT2D eigenvalue weighted by Gasteiger charge is -2.25. The molecule has 2 rings (SSSR count). The number of ether oxygens (including phenoxy) is 3. The summed E-state index contributed by atoms with van der Waals surface area (Å²) in [4.78, 5) is 0. The van der Waals surface area contributed by atoms with Crippen LogP contribution < -0.4 is 11.5 Å². The monoisotopic (exact) mass is 222 g/mol. The summed E-state index contributed by atoms with van der Waals surface area (Å²) in [7, 11) is 3.12. The van der Waals surface area contributed by atoms with Crippen LogP contribution in [0.2, 0.25) is 0 Å². The highest BCUT2D eigenvalue weighted by molar-refractivity contribution is 5.49. The van der Waals surface area contributed by atoms with Gasteiger partial charge in [0, 0.05) is 23.8 Å². The number of fused-ring (bicyclic) bond motifs is 1. The Kier molecular flexibility index (Phi) is 2.52. The van der Waals surface area contributed by atoms with Crippen LogP contribution in [0, 0.1) is 0 Å². The molecule has 1 aliphatic carbocycles. The normalized spacial score (nSPS) is 19.6. The van der Waals surface area contributed by atoms with E-state index in [4.69, 9.17) is 25.7 Å². The average molecular weight is 222 g/mol. The zero-order valence-electron chi connectivity index (χ0n) is 9.24. The Balaban J connectivity index is 2.52. The Hall–Kier alpha value is -2.04. The van der Waals surface area contributed by atoms with Crippen LogP contribution in [-0.4, -0.2) is 14.2 Å². The topological polar surface area (TPSA) is 79.7 Å². The van der Waals surface area contributed by atoms with Crippen LogP contribution in [-0.2, 0) is 14.2 Å². The lowest BCUT2D eigenvalue weighted by atomic mass is 9.99. The highest BCUT2D eigenvalue weighted by Crippen LogP contribution is 2.35. The molecule has 5 nitrogen and oxygen atoms in total. The van der Waals surface area contributed by atoms with Crippen molar-refractivity contribution in [3.05, 3.63) is 46.6 Å². The van der Waals surface area contributed by atoms with Gasteiger partial charge in [-0.05, 0) is 6.08 Å². The van der Waals surface area contributed by atoms with E-state index in [1.165, 1.54) is 0 Å². The summed E-state index contributed by atoms with van der Waals surface area (Å²) >= 11 is 0. The molecule has 4 N–H and O–H groups in total. The summed E-state index contributed by atoms with van der Waals surface area (Å²) in [5.74, 6) is 1.94. The van der Waals surface area contributed by atoms with Gasteiger partial charge >= 0.3 is 0 Å². The van der Waals surface area contributed by atoms with Gasteiger partial charge in [-0.15, -0.1) is 0 Å². The average Bonchev–Trinajstić information content (AvgIpc) is 2.27. The van der Waals surface area contributed by atoms with Gasteiger partial charge in [-0.25, -0.2) is 0 Å². The molecule has 0 bridgehead atoms. The van der Waals surface area contributed by atoms with E-state index in [1.54, 1.807) is 20.3 Å². The number of allylic oxidation sites excluding steroid dienone is 3. The summed E-state index contributed by atoms with van der Waals surface area (Å²) in [6.07, 6.45) is 4.13. The lowest BCUT2D eigenvalue weighted by Crippen LogP contribution is -2.20. The molecule has 1 aliphatic heterocycles. The van der Waals surface area contributed by atoms with E-state index in [2.05, 4.69) is 0 Å². The van der Waals surface area contributed by atoms with Crippen LogP contribution in [0.3, 0.4) is 0 Å². The van der Waals surface area contributed by atoms with Gasteiger partial charge in [0.2, 0.25) is 5.76 Å². The molecule has 0 radical (unpaired) electrons. The minimum Gasteiger partial charge on any atom is -0.493 e. The Bertz CT molecular complexity index is 444. The second kappa shape index (κ2) is 3.84. The summed E-state index contributed by atoms with van der Waals surface area (Å²) in [5.41, 5.74) is 12.9. The van der Waals surface area contributed by atoms with E-state index >= 15 is 0 Å². The number of hydrogen-bond donors (Lipinski definition) is 2. The number of methoxy groups -OCH3 is 2. The van der Waals surface area contributed by atoms with Crippen molar-refractivity contribution in [2.45, 2.75) is 6.42 Å². The maximum Gasteiger partial charge on any atom is 0.204 e. The van der Waals surface area contributed by atoms with Gasteiger partial charge in [0.1, 0.15) is 0 Å². The van der Waals surface area contributed by atoms with Gasteiger partial charge in [0.25, 0.3) is 0 Å². The Labute approximate surface area is 93.6 Å². The molecule has 16 heavy (non-hydrogen) atoms. The predicted octanol–water partition coefficient (Wildman–Crippen LogP) is 0.822. The van der Waals surface area contributed by atoms with Crippen LogP contribution in [0.5, 0.6) is 0 Å². The molecular formula is C11H14N2O3. The summed E-state index contributed by atoms with van der Waals surface area (Å²) in [6, 6.07) is 0. The van der Waals surface area contributed by atoms with E-state index < -0.39 is 0 Å². The molecule has 0 aromatic carbocycles. The zero-order valence-corrected chi connectivity index (χ0v) is 9.24. The highest BCUT2D eigenvalue weighted by Gasteiger charge is 2.28.